The maximum Gasteiger partial charge on any atom is 0.244 e. The molecule has 0 aliphatic carbocycles. The molecule has 0 bridgehead atoms. The highest BCUT2D eigenvalue weighted by Gasteiger charge is 2.16. The highest BCUT2D eigenvalue weighted by atomic mass is 35.5. The number of amides is 2. The van der Waals surface area contributed by atoms with Crippen LogP contribution in [0.1, 0.15) is 11.3 Å². The molecular formula is C17H22ClN5O2. The molecule has 134 valence electrons. The van der Waals surface area contributed by atoms with Crippen LogP contribution < -0.4 is 5.32 Å². The SMILES string of the molecule is Cc1[nH]ncc1CN(C)CC(=O)N(C)CC(=O)Nc1ccccc1Cl. The van der Waals surface area contributed by atoms with Crippen molar-refractivity contribution in [2.75, 3.05) is 32.5 Å². The van der Waals surface area contributed by atoms with E-state index in [4.69, 9.17) is 11.6 Å². The van der Waals surface area contributed by atoms with E-state index in [1.54, 1.807) is 37.5 Å². The second-order valence-electron chi connectivity index (χ2n) is 5.97. The van der Waals surface area contributed by atoms with Crippen LogP contribution in [0, 0.1) is 6.92 Å². The van der Waals surface area contributed by atoms with Gasteiger partial charge < -0.3 is 10.2 Å². The Balaban J connectivity index is 1.82. The van der Waals surface area contributed by atoms with Crippen molar-refractivity contribution in [2.24, 2.45) is 0 Å². The van der Waals surface area contributed by atoms with Gasteiger partial charge in [0.1, 0.15) is 0 Å². The molecule has 1 aromatic heterocycles. The Labute approximate surface area is 152 Å². The van der Waals surface area contributed by atoms with E-state index in [1.165, 1.54) is 4.90 Å². The molecular weight excluding hydrogens is 342 g/mol. The monoisotopic (exact) mass is 363 g/mol. The highest BCUT2D eigenvalue weighted by molar-refractivity contribution is 6.33. The van der Waals surface area contributed by atoms with Gasteiger partial charge >= 0.3 is 0 Å². The standard InChI is InChI=1S/C17H22ClN5O2/c1-12-13(8-19-21-12)9-22(2)11-17(25)23(3)10-16(24)20-15-7-5-4-6-14(15)18/h4-8H,9-11H2,1-3H3,(H,19,21)(H,20,24). The molecule has 0 aliphatic rings. The number of H-pyrrole nitrogens is 1. The Hall–Kier alpha value is -2.38. The van der Waals surface area contributed by atoms with Crippen LogP contribution in [0.2, 0.25) is 5.02 Å². The zero-order chi connectivity index (χ0) is 18.4. The first kappa shape index (κ1) is 19.0. The number of aromatic amines is 1. The maximum absolute atomic E-state index is 12.3. The number of aryl methyl sites for hydroxylation is 1. The molecule has 0 saturated carbocycles. The van der Waals surface area contributed by atoms with Gasteiger partial charge in [-0.2, -0.15) is 5.10 Å². The number of carbonyl (C=O) groups excluding carboxylic acids is 2. The number of aromatic nitrogens is 2. The number of nitrogens with one attached hydrogen (secondary N) is 2. The fourth-order valence-corrected chi connectivity index (χ4v) is 2.47. The smallest absolute Gasteiger partial charge is 0.244 e. The number of rotatable bonds is 7. The third kappa shape index (κ3) is 5.58. The van der Waals surface area contributed by atoms with Crippen LogP contribution in [0.3, 0.4) is 0 Å². The van der Waals surface area contributed by atoms with Gasteiger partial charge in [-0.1, -0.05) is 23.7 Å². The van der Waals surface area contributed by atoms with Crippen molar-refractivity contribution in [2.45, 2.75) is 13.5 Å². The molecule has 0 saturated heterocycles. The summed E-state index contributed by atoms with van der Waals surface area (Å²) < 4.78 is 0. The molecule has 0 aliphatic heterocycles. The average molecular weight is 364 g/mol. The van der Waals surface area contributed by atoms with Crippen LogP contribution in [0.25, 0.3) is 0 Å². The molecule has 2 N–H and O–H groups in total. The third-order valence-electron chi connectivity index (χ3n) is 3.73. The molecule has 25 heavy (non-hydrogen) atoms. The second-order valence-corrected chi connectivity index (χ2v) is 6.38. The molecule has 2 rings (SSSR count). The molecule has 0 unspecified atom stereocenters. The quantitative estimate of drug-likeness (QED) is 0.787. The fourth-order valence-electron chi connectivity index (χ4n) is 2.29. The number of anilines is 1. The summed E-state index contributed by atoms with van der Waals surface area (Å²) in [6.45, 7) is 2.71. The van der Waals surface area contributed by atoms with E-state index in [1.807, 2.05) is 18.9 Å². The third-order valence-corrected chi connectivity index (χ3v) is 4.06. The van der Waals surface area contributed by atoms with E-state index >= 15 is 0 Å². The Morgan fingerprint density at radius 1 is 1.24 bits per heavy atom. The summed E-state index contributed by atoms with van der Waals surface area (Å²) in [5.41, 5.74) is 2.55. The minimum Gasteiger partial charge on any atom is -0.335 e. The predicted octanol–water partition coefficient (Wildman–Crippen LogP) is 1.90. The van der Waals surface area contributed by atoms with Crippen molar-refractivity contribution >= 4 is 29.1 Å². The number of nitrogens with zero attached hydrogens (tertiary/aromatic N) is 3. The van der Waals surface area contributed by atoms with Crippen LogP contribution >= 0.6 is 11.6 Å². The molecule has 8 heteroatoms. The van der Waals surface area contributed by atoms with Crippen molar-refractivity contribution in [1.82, 2.24) is 20.0 Å². The summed E-state index contributed by atoms with van der Waals surface area (Å²) in [6, 6.07) is 6.97. The summed E-state index contributed by atoms with van der Waals surface area (Å²) in [4.78, 5) is 27.6. The minimum atomic E-state index is -0.294. The topological polar surface area (TPSA) is 81.3 Å². The molecule has 2 aromatic rings. The fraction of sp³-hybridized carbons (Fsp3) is 0.353. The zero-order valence-electron chi connectivity index (χ0n) is 14.5. The summed E-state index contributed by atoms with van der Waals surface area (Å²) >= 11 is 6.01. The van der Waals surface area contributed by atoms with Gasteiger partial charge in [0.05, 0.1) is 30.0 Å². The number of likely N-dealkylation sites (N-methyl/N-ethyl adjacent to an activating group) is 2. The normalized spacial score (nSPS) is 10.8. The average Bonchev–Trinajstić information content (AvgIpc) is 2.94. The van der Waals surface area contributed by atoms with E-state index in [0.717, 1.165) is 11.3 Å². The summed E-state index contributed by atoms with van der Waals surface area (Å²) in [6.07, 6.45) is 1.75. The molecule has 1 heterocycles. The Kier molecular flexibility index (Phi) is 6.55. The summed E-state index contributed by atoms with van der Waals surface area (Å²) in [5, 5.41) is 9.99. The number of halogens is 1. The van der Waals surface area contributed by atoms with Gasteiger partial charge in [0, 0.05) is 24.8 Å². The number of para-hydroxylation sites is 1. The number of hydrogen-bond acceptors (Lipinski definition) is 4. The summed E-state index contributed by atoms with van der Waals surface area (Å²) in [5.74, 6) is -0.435. The van der Waals surface area contributed by atoms with E-state index in [0.29, 0.717) is 17.3 Å². The van der Waals surface area contributed by atoms with Crippen LogP contribution in [0.4, 0.5) is 5.69 Å². The van der Waals surface area contributed by atoms with Gasteiger partial charge in [-0.3, -0.25) is 19.6 Å². The van der Waals surface area contributed by atoms with E-state index < -0.39 is 0 Å². The lowest BCUT2D eigenvalue weighted by Gasteiger charge is -2.21. The minimum absolute atomic E-state index is 0.0391. The number of benzene rings is 1. The van der Waals surface area contributed by atoms with Crippen LogP contribution in [0.15, 0.2) is 30.5 Å². The lowest BCUT2D eigenvalue weighted by Crippen LogP contribution is -2.40. The van der Waals surface area contributed by atoms with Gasteiger partial charge in [-0.15, -0.1) is 0 Å². The van der Waals surface area contributed by atoms with Gasteiger partial charge in [0.15, 0.2) is 0 Å². The number of hydrogen-bond donors (Lipinski definition) is 2. The molecule has 2 amide bonds. The largest absolute Gasteiger partial charge is 0.335 e. The lowest BCUT2D eigenvalue weighted by atomic mass is 10.2. The highest BCUT2D eigenvalue weighted by Crippen LogP contribution is 2.20. The van der Waals surface area contributed by atoms with Crippen LogP contribution in [-0.2, 0) is 16.1 Å². The Morgan fingerprint density at radius 3 is 2.60 bits per heavy atom. The molecule has 0 fully saturated rings. The van der Waals surface area contributed by atoms with E-state index in [-0.39, 0.29) is 24.9 Å². The van der Waals surface area contributed by atoms with Crippen LogP contribution in [-0.4, -0.2) is 59.0 Å². The van der Waals surface area contributed by atoms with Gasteiger partial charge in [0.25, 0.3) is 0 Å². The predicted molar refractivity (Wildman–Crippen MR) is 97.4 cm³/mol. The first-order valence-electron chi connectivity index (χ1n) is 7.82. The summed E-state index contributed by atoms with van der Waals surface area (Å²) in [7, 11) is 3.45. The first-order valence-corrected chi connectivity index (χ1v) is 8.20. The maximum atomic E-state index is 12.3. The van der Waals surface area contributed by atoms with Crippen molar-refractivity contribution in [1.29, 1.82) is 0 Å². The van der Waals surface area contributed by atoms with Crippen molar-refractivity contribution in [3.05, 3.63) is 46.7 Å². The van der Waals surface area contributed by atoms with Crippen LogP contribution in [0.5, 0.6) is 0 Å². The molecule has 0 radical (unpaired) electrons. The first-order chi connectivity index (χ1) is 11.9. The molecule has 1 aromatic carbocycles. The van der Waals surface area contributed by atoms with Gasteiger partial charge in [-0.05, 0) is 26.1 Å². The Morgan fingerprint density at radius 2 is 1.96 bits per heavy atom. The second kappa shape index (κ2) is 8.64. The van der Waals surface area contributed by atoms with Crippen molar-refractivity contribution < 1.29 is 9.59 Å². The Bertz CT molecular complexity index is 746. The lowest BCUT2D eigenvalue weighted by molar-refractivity contribution is -0.134. The van der Waals surface area contributed by atoms with Crippen molar-refractivity contribution in [3.8, 4) is 0 Å². The van der Waals surface area contributed by atoms with Gasteiger partial charge in [-0.25, -0.2) is 0 Å². The van der Waals surface area contributed by atoms with Crippen molar-refractivity contribution in [3.63, 3.8) is 0 Å². The van der Waals surface area contributed by atoms with E-state index in [9.17, 15) is 9.59 Å². The van der Waals surface area contributed by atoms with Gasteiger partial charge in [0.2, 0.25) is 11.8 Å². The van der Waals surface area contributed by atoms with E-state index in [2.05, 4.69) is 15.5 Å². The molecule has 0 atom stereocenters. The molecule has 7 nitrogen and oxygen atoms in total. The zero-order valence-corrected chi connectivity index (χ0v) is 15.3. The number of carbonyl (C=O) groups is 2. The molecule has 0 spiro atoms.